The van der Waals surface area contributed by atoms with E-state index in [9.17, 15) is 9.59 Å². The van der Waals surface area contributed by atoms with Crippen LogP contribution < -0.4 is 16.0 Å². The second-order valence-electron chi connectivity index (χ2n) is 7.14. The lowest BCUT2D eigenvalue weighted by molar-refractivity contribution is -0.116. The van der Waals surface area contributed by atoms with Crippen LogP contribution in [0.2, 0.25) is 0 Å². The summed E-state index contributed by atoms with van der Waals surface area (Å²) in [5.41, 5.74) is 2.30. The Labute approximate surface area is 156 Å². The fraction of sp³-hybridized carbons (Fsp3) is 0.579. The van der Waals surface area contributed by atoms with E-state index in [1.807, 2.05) is 32.9 Å². The Bertz CT molecular complexity index is 604. The molecule has 6 heteroatoms. The highest BCUT2D eigenvalue weighted by Crippen LogP contribution is 2.18. The van der Waals surface area contributed by atoms with E-state index in [1.54, 1.807) is 6.07 Å². The molecule has 0 saturated carbocycles. The van der Waals surface area contributed by atoms with Crippen molar-refractivity contribution in [2.75, 3.05) is 11.9 Å². The van der Waals surface area contributed by atoms with E-state index < -0.39 is 0 Å². The Kier molecular flexibility index (Phi) is 8.39. The average molecular weight is 368 g/mol. The van der Waals surface area contributed by atoms with E-state index in [0.717, 1.165) is 30.6 Å². The van der Waals surface area contributed by atoms with Gasteiger partial charge in [-0.15, -0.1) is 12.4 Å². The van der Waals surface area contributed by atoms with Crippen LogP contribution in [-0.2, 0) is 4.79 Å². The van der Waals surface area contributed by atoms with Gasteiger partial charge in [0.25, 0.3) is 5.91 Å². The quantitative estimate of drug-likeness (QED) is 0.748. The second kappa shape index (κ2) is 9.78. The minimum Gasteiger partial charge on any atom is -0.348 e. The third-order valence-corrected chi connectivity index (χ3v) is 4.43. The highest BCUT2D eigenvalue weighted by Gasteiger charge is 2.23. The van der Waals surface area contributed by atoms with Gasteiger partial charge >= 0.3 is 0 Å². The van der Waals surface area contributed by atoms with Crippen molar-refractivity contribution in [3.63, 3.8) is 0 Å². The van der Waals surface area contributed by atoms with Gasteiger partial charge in [0.2, 0.25) is 5.91 Å². The van der Waals surface area contributed by atoms with Gasteiger partial charge in [-0.25, -0.2) is 0 Å². The molecule has 1 aliphatic heterocycles. The van der Waals surface area contributed by atoms with Gasteiger partial charge in [-0.2, -0.15) is 0 Å². The summed E-state index contributed by atoms with van der Waals surface area (Å²) in [5.74, 6) is 0.271. The SMILES string of the molecule is Cc1cc(C(=O)NC2CCCNC2C)ccc1NC(=O)CC(C)C.Cl. The molecule has 2 amide bonds. The van der Waals surface area contributed by atoms with Crippen LogP contribution in [0.15, 0.2) is 18.2 Å². The predicted octanol–water partition coefficient (Wildman–Crippen LogP) is 3.27. The Morgan fingerprint density at radius 3 is 2.64 bits per heavy atom. The van der Waals surface area contributed by atoms with Crippen LogP contribution in [0.25, 0.3) is 0 Å². The van der Waals surface area contributed by atoms with E-state index in [-0.39, 0.29) is 30.3 Å². The highest BCUT2D eigenvalue weighted by atomic mass is 35.5. The molecular formula is C19H30ClN3O2. The zero-order valence-electron chi connectivity index (χ0n) is 15.5. The molecule has 1 fully saturated rings. The fourth-order valence-electron chi connectivity index (χ4n) is 3.01. The summed E-state index contributed by atoms with van der Waals surface area (Å²) in [6.45, 7) is 9.05. The van der Waals surface area contributed by atoms with Crippen LogP contribution in [0.3, 0.4) is 0 Å². The fourth-order valence-corrected chi connectivity index (χ4v) is 3.01. The first-order valence-electron chi connectivity index (χ1n) is 8.81. The van der Waals surface area contributed by atoms with E-state index >= 15 is 0 Å². The van der Waals surface area contributed by atoms with Crippen molar-refractivity contribution >= 4 is 29.9 Å². The summed E-state index contributed by atoms with van der Waals surface area (Å²) in [6.07, 6.45) is 2.58. The minimum absolute atomic E-state index is 0. The summed E-state index contributed by atoms with van der Waals surface area (Å²) in [6, 6.07) is 5.87. The van der Waals surface area contributed by atoms with Crippen LogP contribution in [0.5, 0.6) is 0 Å². The van der Waals surface area contributed by atoms with Crippen molar-refractivity contribution in [1.82, 2.24) is 10.6 Å². The molecule has 0 bridgehead atoms. The molecule has 0 aromatic heterocycles. The predicted molar refractivity (Wildman–Crippen MR) is 104 cm³/mol. The molecule has 1 aliphatic rings. The first kappa shape index (κ1) is 21.5. The maximum absolute atomic E-state index is 12.5. The van der Waals surface area contributed by atoms with Crippen molar-refractivity contribution in [3.05, 3.63) is 29.3 Å². The molecule has 1 heterocycles. The van der Waals surface area contributed by atoms with Gasteiger partial charge in [-0.1, -0.05) is 13.8 Å². The smallest absolute Gasteiger partial charge is 0.251 e. The summed E-state index contributed by atoms with van der Waals surface area (Å²) in [7, 11) is 0. The molecule has 5 nitrogen and oxygen atoms in total. The molecule has 1 aromatic carbocycles. The second-order valence-corrected chi connectivity index (χ2v) is 7.14. The highest BCUT2D eigenvalue weighted by molar-refractivity contribution is 5.96. The van der Waals surface area contributed by atoms with E-state index in [4.69, 9.17) is 0 Å². The number of hydrogen-bond donors (Lipinski definition) is 3. The molecule has 0 spiro atoms. The normalized spacial score (nSPS) is 19.9. The number of anilines is 1. The zero-order valence-corrected chi connectivity index (χ0v) is 16.3. The van der Waals surface area contributed by atoms with Gasteiger partial charge in [-0.3, -0.25) is 9.59 Å². The van der Waals surface area contributed by atoms with Crippen LogP contribution in [0, 0.1) is 12.8 Å². The van der Waals surface area contributed by atoms with Crippen molar-refractivity contribution in [1.29, 1.82) is 0 Å². The summed E-state index contributed by atoms with van der Waals surface area (Å²) in [4.78, 5) is 24.4. The third-order valence-electron chi connectivity index (χ3n) is 4.43. The first-order valence-corrected chi connectivity index (χ1v) is 8.81. The zero-order chi connectivity index (χ0) is 17.7. The van der Waals surface area contributed by atoms with Crippen LogP contribution >= 0.6 is 12.4 Å². The van der Waals surface area contributed by atoms with Crippen molar-refractivity contribution in [2.24, 2.45) is 5.92 Å². The topological polar surface area (TPSA) is 70.2 Å². The van der Waals surface area contributed by atoms with Gasteiger partial charge in [0.1, 0.15) is 0 Å². The number of carbonyl (C=O) groups is 2. The Hall–Kier alpha value is -1.59. The van der Waals surface area contributed by atoms with Gasteiger partial charge in [-0.05, 0) is 62.9 Å². The van der Waals surface area contributed by atoms with Crippen molar-refractivity contribution in [3.8, 4) is 0 Å². The summed E-state index contributed by atoms with van der Waals surface area (Å²) < 4.78 is 0. The lowest BCUT2D eigenvalue weighted by atomic mass is 9.99. The van der Waals surface area contributed by atoms with Gasteiger partial charge in [0.15, 0.2) is 0 Å². The standard InChI is InChI=1S/C19H29N3O2.ClH/c1-12(2)10-18(23)21-16-8-7-15(11-13(16)3)19(24)22-17-6-5-9-20-14(17)4;/h7-8,11-12,14,17,20H,5-6,9-10H2,1-4H3,(H,21,23)(H,22,24);1H. The average Bonchev–Trinajstić information content (AvgIpc) is 2.50. The van der Waals surface area contributed by atoms with Crippen LogP contribution in [0.4, 0.5) is 5.69 Å². The number of amides is 2. The van der Waals surface area contributed by atoms with Crippen LogP contribution in [0.1, 0.15) is 56.0 Å². The maximum atomic E-state index is 12.5. The Morgan fingerprint density at radius 2 is 2.04 bits per heavy atom. The third kappa shape index (κ3) is 6.33. The summed E-state index contributed by atoms with van der Waals surface area (Å²) >= 11 is 0. The lowest BCUT2D eigenvalue weighted by Crippen LogP contribution is -2.51. The van der Waals surface area contributed by atoms with Crippen molar-refractivity contribution in [2.45, 2.75) is 59.0 Å². The molecular weight excluding hydrogens is 338 g/mol. The number of rotatable bonds is 5. The van der Waals surface area contributed by atoms with Gasteiger partial charge < -0.3 is 16.0 Å². The number of carbonyl (C=O) groups excluding carboxylic acids is 2. The Morgan fingerprint density at radius 1 is 1.32 bits per heavy atom. The molecule has 2 atom stereocenters. The van der Waals surface area contributed by atoms with E-state index in [1.165, 1.54) is 0 Å². The molecule has 2 rings (SSSR count). The number of nitrogens with one attached hydrogen (secondary N) is 3. The molecule has 25 heavy (non-hydrogen) atoms. The monoisotopic (exact) mass is 367 g/mol. The van der Waals surface area contributed by atoms with E-state index in [0.29, 0.717) is 23.9 Å². The molecule has 2 unspecified atom stereocenters. The molecule has 0 aliphatic carbocycles. The molecule has 140 valence electrons. The molecule has 1 aromatic rings. The molecule has 1 saturated heterocycles. The number of benzene rings is 1. The first-order chi connectivity index (χ1) is 11.4. The Balaban J connectivity index is 0.00000312. The number of aryl methyl sites for hydroxylation is 1. The summed E-state index contributed by atoms with van der Waals surface area (Å²) in [5, 5.41) is 9.41. The number of halogens is 1. The van der Waals surface area contributed by atoms with Crippen molar-refractivity contribution < 1.29 is 9.59 Å². The molecule has 3 N–H and O–H groups in total. The van der Waals surface area contributed by atoms with Crippen LogP contribution in [-0.4, -0.2) is 30.4 Å². The van der Waals surface area contributed by atoms with Gasteiger partial charge in [0.05, 0.1) is 0 Å². The van der Waals surface area contributed by atoms with E-state index in [2.05, 4.69) is 22.9 Å². The lowest BCUT2D eigenvalue weighted by Gasteiger charge is -2.30. The maximum Gasteiger partial charge on any atom is 0.251 e. The minimum atomic E-state index is -0.0568. The van der Waals surface area contributed by atoms with Gasteiger partial charge in [0, 0.05) is 29.8 Å². The molecule has 0 radical (unpaired) electrons. The number of hydrogen-bond acceptors (Lipinski definition) is 3. The largest absolute Gasteiger partial charge is 0.348 e. The number of piperidine rings is 1.